The molecule has 44 nitrogen and oxygen atoms in total. The number of benzene rings is 3. The van der Waals surface area contributed by atoms with Gasteiger partial charge in [-0.25, -0.2) is 0 Å². The number of carboxylic acid groups (broad SMARTS) is 3. The van der Waals surface area contributed by atoms with Crippen molar-refractivity contribution in [3.63, 3.8) is 0 Å². The van der Waals surface area contributed by atoms with E-state index in [9.17, 15) is 88.2 Å². The first-order chi connectivity index (χ1) is 64.1. The van der Waals surface area contributed by atoms with E-state index in [1.54, 1.807) is 82.4 Å². The Kier molecular flexibility index (Phi) is 40.2. The summed E-state index contributed by atoms with van der Waals surface area (Å²) in [5, 5.41) is 89.2. The molecule has 736 valence electrons. The number of aromatic hydroxyl groups is 1. The molecule has 135 heavy (non-hydrogen) atoms. The number of carboxylic acids is 3. The second kappa shape index (κ2) is 50.7. The quantitative estimate of drug-likeness (QED) is 0.0253. The standard InChI is InChI=1S/C90H125N19O25S/c1-9-11-21-68-83(127)97-58(29-30-74(115)116)79(123)103-66(78(122)94-41-72(92)113)46-135-47-73(114)95-62(35-50-25-27-53(111)28-26-50)86(130)104(6)49(5)77(121)99-64(39-75(117)118)88(132)108-33-17-24-69(108)84(128)102-65(45-110)82(126)100-61(34-48(3)4)89(133)109-43-54(112)38-71(109)85(129)98-60(36-51-40-93-57-20-15-13-18-55(51)57)81(125)96-59(31-32-91)80(124)101-63(87(131)106(8)70(22-12-10-2)90(134)105(68)7)37-52-42-107(44-76(119)120)67-23-16-14-19-56(52)67/h13-16,18-20,23,25-28,40,42,48-49,54,58-66,68-71,93,110-112H,9-12,17,21-22,24,29-39,41,43-47,91H2,1-8H3,(H2,92,113)(H,94,122)(H,95,114)(H,96,125)(H,97,127)(H,98,129)(H,99,121)(H,100,126)(H,101,124)(H,102,128)(H,103,123)(H,115,116)(H,117,118)(H,119,120)/t49-,54+,58-,59-,60-,61-,62-,63-,64?,65-,66-,68-,69-,70-,71-/m0/s1. The Balaban J connectivity index is 1.21. The molecule has 0 saturated carbocycles. The van der Waals surface area contributed by atoms with E-state index in [4.69, 9.17) is 11.5 Å². The zero-order chi connectivity index (χ0) is 99.4. The Morgan fingerprint density at radius 2 is 1.11 bits per heavy atom. The number of phenols is 1. The van der Waals surface area contributed by atoms with Crippen LogP contribution in [0.15, 0.2) is 85.2 Å². The number of amides is 16. The van der Waals surface area contributed by atoms with Gasteiger partial charge in [0.2, 0.25) is 94.5 Å². The summed E-state index contributed by atoms with van der Waals surface area (Å²) in [6.07, 6.45) is -1.73. The number of thioether (sulfide) groups is 1. The van der Waals surface area contributed by atoms with Gasteiger partial charge in [-0.15, -0.1) is 11.8 Å². The Bertz CT molecular complexity index is 5130. The van der Waals surface area contributed by atoms with Crippen LogP contribution in [0.1, 0.15) is 141 Å². The van der Waals surface area contributed by atoms with E-state index in [1.807, 2.05) is 0 Å². The number of nitrogens with two attached hydrogens (primary N) is 2. The third-order valence-electron chi connectivity index (χ3n) is 23.9. The maximum atomic E-state index is 15.9. The number of unbranched alkanes of at least 4 members (excludes halogenated alkanes) is 2. The molecular formula is C90H125N19O25S. The van der Waals surface area contributed by atoms with Crippen LogP contribution in [0, 0.1) is 5.92 Å². The molecule has 0 spiro atoms. The van der Waals surface area contributed by atoms with Gasteiger partial charge in [-0.05, 0) is 105 Å². The zero-order valence-corrected chi connectivity index (χ0v) is 77.5. The van der Waals surface area contributed by atoms with Gasteiger partial charge in [-0.1, -0.05) is 102 Å². The molecule has 8 rings (SSSR count). The van der Waals surface area contributed by atoms with Gasteiger partial charge >= 0.3 is 17.9 Å². The number of aliphatic hydroxyl groups is 2. The summed E-state index contributed by atoms with van der Waals surface area (Å²) in [5.41, 5.74) is 13.8. The molecule has 45 heteroatoms. The van der Waals surface area contributed by atoms with E-state index in [1.165, 1.54) is 56.0 Å². The number of likely N-dealkylation sites (N-methyl/N-ethyl adjacent to an activating group) is 3. The number of nitrogens with one attached hydrogen (secondary N) is 11. The zero-order valence-electron chi connectivity index (χ0n) is 76.7. The molecule has 0 aliphatic carbocycles. The number of primary amides is 1. The number of nitrogens with zero attached hydrogens (tertiary/aromatic N) is 6. The van der Waals surface area contributed by atoms with E-state index >= 15 is 33.6 Å². The molecule has 3 aliphatic rings. The van der Waals surface area contributed by atoms with Gasteiger partial charge in [0.15, 0.2) is 0 Å². The van der Waals surface area contributed by atoms with Crippen LogP contribution >= 0.6 is 11.8 Å². The molecule has 2 aromatic heterocycles. The number of carbonyl (C=O) groups excluding carboxylic acids is 16. The van der Waals surface area contributed by atoms with Crippen molar-refractivity contribution in [2.24, 2.45) is 17.4 Å². The maximum absolute atomic E-state index is 15.9. The summed E-state index contributed by atoms with van der Waals surface area (Å²) in [4.78, 5) is 281. The number of hydrogen-bond acceptors (Lipinski definition) is 24. The van der Waals surface area contributed by atoms with Crippen molar-refractivity contribution in [1.29, 1.82) is 0 Å². The maximum Gasteiger partial charge on any atom is 0.323 e. The number of aliphatic hydroxyl groups excluding tert-OH is 2. The lowest BCUT2D eigenvalue weighted by Gasteiger charge is -2.36. The summed E-state index contributed by atoms with van der Waals surface area (Å²) in [5.74, 6) is -22.5. The second-order valence-corrected chi connectivity index (χ2v) is 35.5. The third kappa shape index (κ3) is 29.8. The monoisotopic (exact) mass is 1900 g/mol. The minimum absolute atomic E-state index is 0.0913. The van der Waals surface area contributed by atoms with Crippen LogP contribution in [0.2, 0.25) is 0 Å². The first-order valence-corrected chi connectivity index (χ1v) is 46.0. The molecule has 15 atom stereocenters. The van der Waals surface area contributed by atoms with Gasteiger partial charge in [-0.2, -0.15) is 0 Å². The smallest absolute Gasteiger partial charge is 0.323 e. The highest BCUT2D eigenvalue weighted by molar-refractivity contribution is 8.00. The summed E-state index contributed by atoms with van der Waals surface area (Å²) in [6.45, 7) is 4.67. The third-order valence-corrected chi connectivity index (χ3v) is 25.0. The van der Waals surface area contributed by atoms with Gasteiger partial charge in [0.05, 0.1) is 31.4 Å². The molecule has 5 aromatic rings. The molecule has 5 heterocycles. The number of fused-ring (bicyclic) bond motifs is 4. The van der Waals surface area contributed by atoms with Crippen molar-refractivity contribution in [3.8, 4) is 5.75 Å². The molecule has 3 aliphatic heterocycles. The molecular weight excluding hydrogens is 1780 g/mol. The van der Waals surface area contributed by atoms with Crippen LogP contribution in [0.4, 0.5) is 0 Å². The van der Waals surface area contributed by atoms with Crippen LogP contribution in [-0.4, -0.2) is 333 Å². The van der Waals surface area contributed by atoms with Gasteiger partial charge in [-0.3, -0.25) is 91.1 Å². The largest absolute Gasteiger partial charge is 0.508 e. The molecule has 16 amide bonds. The fourth-order valence-electron chi connectivity index (χ4n) is 16.6. The number of aliphatic carboxylic acids is 3. The van der Waals surface area contributed by atoms with Crippen molar-refractivity contribution in [2.45, 2.75) is 241 Å². The highest BCUT2D eigenvalue weighted by Crippen LogP contribution is 2.29. The molecule has 3 aromatic carbocycles. The number of rotatable bonds is 27. The average Bonchev–Trinajstić information content (AvgIpc) is 1.68. The summed E-state index contributed by atoms with van der Waals surface area (Å²) < 4.78 is 1.41. The van der Waals surface area contributed by atoms with E-state index in [0.29, 0.717) is 63.1 Å². The Labute approximate surface area is 782 Å². The molecule has 3 fully saturated rings. The van der Waals surface area contributed by atoms with Crippen LogP contribution < -0.4 is 64.6 Å². The highest BCUT2D eigenvalue weighted by atomic mass is 32.2. The van der Waals surface area contributed by atoms with Gasteiger partial charge in [0.1, 0.15) is 96.9 Å². The van der Waals surface area contributed by atoms with Crippen LogP contribution in [0.5, 0.6) is 5.75 Å². The summed E-state index contributed by atoms with van der Waals surface area (Å²) >= 11 is 0.679. The van der Waals surface area contributed by atoms with Crippen molar-refractivity contribution in [3.05, 3.63) is 102 Å². The van der Waals surface area contributed by atoms with E-state index in [2.05, 4.69) is 58.2 Å². The lowest BCUT2D eigenvalue weighted by molar-refractivity contribution is -0.149. The predicted octanol–water partition coefficient (Wildman–Crippen LogP) is -2.79. The lowest BCUT2D eigenvalue weighted by Crippen LogP contribution is -2.61. The summed E-state index contributed by atoms with van der Waals surface area (Å²) in [6, 6.07) is -4.30. The molecule has 21 N–H and O–H groups in total. The first-order valence-electron chi connectivity index (χ1n) is 44.9. The number of para-hydroxylation sites is 2. The minimum atomic E-state index is -1.94. The normalized spacial score (nSPS) is 24.8. The van der Waals surface area contributed by atoms with Crippen LogP contribution in [-0.2, 0) is 117 Å². The number of aromatic nitrogens is 2. The predicted molar refractivity (Wildman–Crippen MR) is 489 cm³/mol. The molecule has 1 unspecified atom stereocenters. The highest BCUT2D eigenvalue weighted by Gasteiger charge is 2.47. The van der Waals surface area contributed by atoms with Gasteiger partial charge in [0.25, 0.3) is 0 Å². The van der Waals surface area contributed by atoms with E-state index in [0.717, 1.165) is 31.5 Å². The van der Waals surface area contributed by atoms with Crippen molar-refractivity contribution in [1.82, 2.24) is 87.2 Å². The minimum Gasteiger partial charge on any atom is -0.508 e. The fraction of sp³-hybridized carbons (Fsp3) is 0.544. The number of phenolic OH excluding ortho intramolecular Hbond substituents is 1. The fourth-order valence-corrected chi connectivity index (χ4v) is 17.4. The van der Waals surface area contributed by atoms with Crippen LogP contribution in [0.3, 0.4) is 0 Å². The number of H-pyrrole nitrogens is 1. The number of hydrogen-bond donors (Lipinski definition) is 19. The first kappa shape index (κ1) is 107. The second-order valence-electron chi connectivity index (χ2n) is 34.5. The molecule has 0 bridgehead atoms. The topological polar surface area (TPSA) is 655 Å². The lowest BCUT2D eigenvalue weighted by atomic mass is 9.99. The van der Waals surface area contributed by atoms with Gasteiger partial charge in [0, 0.05) is 106 Å². The van der Waals surface area contributed by atoms with Gasteiger partial charge < -0.3 is 129 Å². The molecule has 3 saturated heterocycles. The molecule has 0 radical (unpaired) electrons. The Hall–Kier alpha value is -13.3. The number of carbonyl (C=O) groups is 19. The summed E-state index contributed by atoms with van der Waals surface area (Å²) in [7, 11) is 3.69. The van der Waals surface area contributed by atoms with Crippen molar-refractivity contribution in [2.75, 3.05) is 65.4 Å². The Morgan fingerprint density at radius 3 is 1.76 bits per heavy atom. The van der Waals surface area contributed by atoms with E-state index in [-0.39, 0.29) is 83.0 Å². The van der Waals surface area contributed by atoms with Crippen LogP contribution in [0.25, 0.3) is 21.8 Å². The van der Waals surface area contributed by atoms with Crippen molar-refractivity contribution < 1.29 is 122 Å². The SMILES string of the molecule is CCCC[C@H]1C(=O)N(C)[C@@H](CCCC)C(=O)N[C@@H](CCC(=O)O)C(=O)N[C@H](C(=O)NCC(N)=O)CSCC(=O)N[C@@H](Cc2ccc(O)cc2)C(=O)N(C)[C@@H](C)C(=O)NC(CC(=O)O)C(=O)N2CCC[C@H]2C(=O)N[C@@H](CO)C(=O)N[C@@H](CC(C)C)C(=O)N2C[C@H](O)C[C@H]2C(=O)N[C@@H](Cc2c[nH]c3ccccc23)C(=O)N[C@@H](CCN)C(=O)N[C@@H](Cc2cn(CC(=O)O)c3ccccc23)C(=O)N1C. The average molecular weight is 1910 g/mol. The number of aromatic amines is 1. The van der Waals surface area contributed by atoms with E-state index < -0.39 is 279 Å². The Morgan fingerprint density at radius 1 is 0.556 bits per heavy atom. The van der Waals surface area contributed by atoms with Crippen molar-refractivity contribution >= 4 is 146 Å².